The number of unbranched alkanes of at least 4 members (excludes halogenated alkanes) is 2. The number of hydrogen-bond donors (Lipinski definition) is 0. The van der Waals surface area contributed by atoms with Gasteiger partial charge in [0.2, 0.25) is 0 Å². The lowest BCUT2D eigenvalue weighted by molar-refractivity contribution is 0.502. The Morgan fingerprint density at radius 2 is 1.34 bits per heavy atom. The van der Waals surface area contributed by atoms with E-state index in [1.54, 1.807) is 0 Å². The van der Waals surface area contributed by atoms with Gasteiger partial charge in [-0.15, -0.1) is 0 Å². The molecule has 0 aliphatic heterocycles. The van der Waals surface area contributed by atoms with Crippen molar-refractivity contribution in [3.05, 3.63) is 167 Å². The first-order valence-electron chi connectivity index (χ1n) is 16.7. The molecule has 0 heterocycles. The second kappa shape index (κ2) is 17.0. The van der Waals surface area contributed by atoms with E-state index in [4.69, 9.17) is 0 Å². The third-order valence-corrected chi connectivity index (χ3v) is 9.05. The van der Waals surface area contributed by atoms with E-state index < -0.39 is 0 Å². The maximum atomic E-state index is 3.81. The summed E-state index contributed by atoms with van der Waals surface area (Å²) in [7, 11) is 0. The Labute approximate surface area is 270 Å². The number of rotatable bonds is 16. The normalized spacial score (nSPS) is 18.3. The molecule has 0 saturated heterocycles. The standard InChI is InChI=1S/C44H56/c1-9-12-14-16-18-22-37-24-20-26-40(33-37)44(41-27-21-25-38(34-41)23-19-17-15-13-10-2)39(29-28-35(4)11-3)30-31-42(44)32-36(5)43(6,7)8/h9-10,12-15,20-21,24-35H,1-2,11,16-19,22-23H2,3-8H3/b14-12-,15-13+,29-28+,36-32+. The van der Waals surface area contributed by atoms with Crippen molar-refractivity contribution in [2.75, 3.05) is 0 Å². The molecule has 0 aromatic heterocycles. The molecule has 2 atom stereocenters. The van der Waals surface area contributed by atoms with Crippen LogP contribution < -0.4 is 0 Å². The van der Waals surface area contributed by atoms with Gasteiger partial charge in [-0.05, 0) is 90.2 Å². The van der Waals surface area contributed by atoms with Crippen molar-refractivity contribution in [3.8, 4) is 0 Å². The van der Waals surface area contributed by atoms with E-state index in [9.17, 15) is 0 Å². The van der Waals surface area contributed by atoms with Crippen molar-refractivity contribution < 1.29 is 0 Å². The van der Waals surface area contributed by atoms with Gasteiger partial charge in [-0.3, -0.25) is 0 Å². The minimum absolute atomic E-state index is 0.0868. The lowest BCUT2D eigenvalue weighted by Crippen LogP contribution is -2.30. The van der Waals surface area contributed by atoms with Crippen LogP contribution in [0, 0.1) is 11.3 Å². The second-order valence-corrected chi connectivity index (χ2v) is 13.3. The summed E-state index contributed by atoms with van der Waals surface area (Å²) in [6, 6.07) is 18.8. The molecular formula is C44H56. The van der Waals surface area contributed by atoms with E-state index in [2.05, 4.69) is 146 Å². The van der Waals surface area contributed by atoms with Crippen molar-refractivity contribution in [2.24, 2.45) is 11.3 Å². The molecule has 232 valence electrons. The summed E-state index contributed by atoms with van der Waals surface area (Å²) in [4.78, 5) is 0. The maximum absolute atomic E-state index is 3.81. The maximum Gasteiger partial charge on any atom is 0.0701 e. The predicted octanol–water partition coefficient (Wildman–Crippen LogP) is 12.6. The average molecular weight is 585 g/mol. The molecule has 0 heteroatoms. The quantitative estimate of drug-likeness (QED) is 0.136. The van der Waals surface area contributed by atoms with Gasteiger partial charge in [0.15, 0.2) is 0 Å². The summed E-state index contributed by atoms with van der Waals surface area (Å²) in [5.41, 5.74) is 9.29. The Kier molecular flexibility index (Phi) is 13.5. The third-order valence-electron chi connectivity index (χ3n) is 9.05. The van der Waals surface area contributed by atoms with Crippen molar-refractivity contribution in [2.45, 2.75) is 91.9 Å². The zero-order chi connectivity index (χ0) is 32.0. The molecule has 3 rings (SSSR count). The SMILES string of the molecule is C=C/C=C\CCCc1cccc(C2(c3cccc(CCC/C=C/C=C)c3)C(/C=C/C(C)CC)=CC=C2/C=C(\C)C(C)(C)C)c1. The van der Waals surface area contributed by atoms with Crippen LogP contribution in [-0.2, 0) is 18.3 Å². The summed E-state index contributed by atoms with van der Waals surface area (Å²) in [6.45, 7) is 21.4. The monoisotopic (exact) mass is 584 g/mol. The topological polar surface area (TPSA) is 0 Å². The van der Waals surface area contributed by atoms with Gasteiger partial charge >= 0.3 is 0 Å². The lowest BCUT2D eigenvalue weighted by Gasteiger charge is -2.37. The minimum atomic E-state index is -0.381. The Bertz CT molecular complexity index is 1350. The van der Waals surface area contributed by atoms with E-state index in [0.29, 0.717) is 5.92 Å². The fourth-order valence-corrected chi connectivity index (χ4v) is 5.77. The molecule has 0 spiro atoms. The van der Waals surface area contributed by atoms with Gasteiger partial charge in [0, 0.05) is 0 Å². The highest BCUT2D eigenvalue weighted by Gasteiger charge is 2.43. The van der Waals surface area contributed by atoms with E-state index in [1.807, 2.05) is 24.3 Å². The van der Waals surface area contributed by atoms with Gasteiger partial charge < -0.3 is 0 Å². The van der Waals surface area contributed by atoms with Crippen LogP contribution in [-0.4, -0.2) is 0 Å². The molecule has 0 radical (unpaired) electrons. The van der Waals surface area contributed by atoms with Gasteiger partial charge in [0.25, 0.3) is 0 Å². The highest BCUT2D eigenvalue weighted by atomic mass is 14.4. The zero-order valence-corrected chi connectivity index (χ0v) is 28.4. The van der Waals surface area contributed by atoms with Gasteiger partial charge in [0.05, 0.1) is 5.41 Å². The molecule has 0 amide bonds. The summed E-state index contributed by atoms with van der Waals surface area (Å²) in [5, 5.41) is 0. The molecule has 0 bridgehead atoms. The molecular weight excluding hydrogens is 528 g/mol. The number of hydrogen-bond acceptors (Lipinski definition) is 0. The molecule has 0 saturated carbocycles. The van der Waals surface area contributed by atoms with E-state index in [1.165, 1.54) is 39.0 Å². The molecule has 0 nitrogen and oxygen atoms in total. The van der Waals surface area contributed by atoms with Crippen LogP contribution in [0.1, 0.15) is 95.9 Å². The molecule has 2 aromatic rings. The van der Waals surface area contributed by atoms with Crippen molar-refractivity contribution >= 4 is 0 Å². The van der Waals surface area contributed by atoms with Gasteiger partial charge in [-0.25, -0.2) is 0 Å². The van der Waals surface area contributed by atoms with E-state index in [-0.39, 0.29) is 10.8 Å². The van der Waals surface area contributed by atoms with Crippen LogP contribution in [0.4, 0.5) is 0 Å². The molecule has 2 aromatic carbocycles. The molecule has 2 unspecified atom stereocenters. The van der Waals surface area contributed by atoms with Crippen LogP contribution >= 0.6 is 0 Å². The fraction of sp³-hybridized carbons (Fsp3) is 0.364. The van der Waals surface area contributed by atoms with Gasteiger partial charge in [-0.2, -0.15) is 0 Å². The van der Waals surface area contributed by atoms with Crippen molar-refractivity contribution in [1.82, 2.24) is 0 Å². The number of aryl methyl sites for hydroxylation is 2. The summed E-state index contributed by atoms with van der Waals surface area (Å²) in [5.74, 6) is 0.523. The predicted molar refractivity (Wildman–Crippen MR) is 196 cm³/mol. The molecule has 0 fully saturated rings. The molecule has 1 aliphatic carbocycles. The highest BCUT2D eigenvalue weighted by Crippen LogP contribution is 2.51. The first-order valence-corrected chi connectivity index (χ1v) is 16.7. The van der Waals surface area contributed by atoms with Crippen LogP contribution in [0.2, 0.25) is 0 Å². The average Bonchev–Trinajstić information content (AvgIpc) is 3.37. The fourth-order valence-electron chi connectivity index (χ4n) is 5.77. The molecule has 1 aliphatic rings. The van der Waals surface area contributed by atoms with Crippen LogP contribution in [0.5, 0.6) is 0 Å². The summed E-state index contributed by atoms with van der Waals surface area (Å²) >= 11 is 0. The van der Waals surface area contributed by atoms with Crippen LogP contribution in [0.15, 0.2) is 145 Å². The van der Waals surface area contributed by atoms with Crippen molar-refractivity contribution in [1.29, 1.82) is 0 Å². The third kappa shape index (κ3) is 9.18. The van der Waals surface area contributed by atoms with Crippen LogP contribution in [0.3, 0.4) is 0 Å². The Morgan fingerprint density at radius 1 is 0.818 bits per heavy atom. The molecule has 44 heavy (non-hydrogen) atoms. The largest absolute Gasteiger partial charge is 0.0991 e. The first kappa shape index (κ1) is 34.8. The Hall–Kier alpha value is -3.64. The van der Waals surface area contributed by atoms with Crippen molar-refractivity contribution in [3.63, 3.8) is 0 Å². The zero-order valence-electron chi connectivity index (χ0n) is 28.4. The smallest absolute Gasteiger partial charge is 0.0701 e. The number of benzene rings is 2. The summed E-state index contributed by atoms with van der Waals surface area (Å²) in [6.07, 6.45) is 31.9. The van der Waals surface area contributed by atoms with Gasteiger partial charge in [0.1, 0.15) is 0 Å². The highest BCUT2D eigenvalue weighted by molar-refractivity contribution is 5.68. The van der Waals surface area contributed by atoms with Gasteiger partial charge in [-0.1, -0.05) is 175 Å². The minimum Gasteiger partial charge on any atom is -0.0991 e. The molecule has 0 N–H and O–H groups in total. The Balaban J connectivity index is 2.22. The number of allylic oxidation sites excluding steroid dienone is 14. The first-order chi connectivity index (χ1) is 21.2. The second-order valence-electron chi connectivity index (χ2n) is 13.3. The lowest BCUT2D eigenvalue weighted by atomic mass is 9.65. The summed E-state index contributed by atoms with van der Waals surface area (Å²) < 4.78 is 0. The van der Waals surface area contributed by atoms with E-state index in [0.717, 1.165) is 44.9 Å². The Morgan fingerprint density at radius 3 is 1.82 bits per heavy atom. The van der Waals surface area contributed by atoms with Crippen LogP contribution in [0.25, 0.3) is 0 Å². The van der Waals surface area contributed by atoms with E-state index >= 15 is 0 Å².